The van der Waals surface area contributed by atoms with Gasteiger partial charge in [-0.2, -0.15) is 0 Å². The van der Waals surface area contributed by atoms with Crippen molar-refractivity contribution < 1.29 is 9.84 Å². The molecule has 2 fully saturated rings. The summed E-state index contributed by atoms with van der Waals surface area (Å²) in [5.41, 5.74) is -0.157. The Morgan fingerprint density at radius 2 is 2.07 bits per heavy atom. The van der Waals surface area contributed by atoms with Gasteiger partial charge in [0.2, 0.25) is 0 Å². The maximum absolute atomic E-state index is 9.45. The van der Waals surface area contributed by atoms with Crippen LogP contribution >= 0.6 is 0 Å². The summed E-state index contributed by atoms with van der Waals surface area (Å²) in [5, 5.41) is 12.7. The van der Waals surface area contributed by atoms with Crippen molar-refractivity contribution in [3.63, 3.8) is 0 Å². The highest BCUT2D eigenvalue weighted by atomic mass is 16.5. The quantitative estimate of drug-likeness (QED) is 0.668. The Bertz CT molecular complexity index is 184. The largest absolute Gasteiger partial charge is 0.394 e. The lowest BCUT2D eigenvalue weighted by Crippen LogP contribution is -2.53. The van der Waals surface area contributed by atoms with Crippen LogP contribution in [0.2, 0.25) is 0 Å². The standard InChI is InChI=1S/C11H21NO2/c1-12-11(7-13,9-5-6-9)8-14-10-3-2-4-10/h9-10,12-13H,2-8H2,1H3. The second-order valence-electron chi connectivity index (χ2n) is 4.70. The van der Waals surface area contributed by atoms with E-state index in [0.29, 0.717) is 18.6 Å². The number of rotatable bonds is 6. The molecule has 2 aliphatic carbocycles. The molecule has 82 valence electrons. The van der Waals surface area contributed by atoms with Crippen LogP contribution in [-0.4, -0.2) is 37.0 Å². The van der Waals surface area contributed by atoms with Crippen molar-refractivity contribution in [2.45, 2.75) is 43.7 Å². The third kappa shape index (κ3) is 1.95. The maximum atomic E-state index is 9.45. The molecule has 2 N–H and O–H groups in total. The van der Waals surface area contributed by atoms with E-state index in [0.717, 1.165) is 0 Å². The molecule has 0 radical (unpaired) electrons. The number of aliphatic hydroxyl groups is 1. The van der Waals surface area contributed by atoms with Gasteiger partial charge >= 0.3 is 0 Å². The summed E-state index contributed by atoms with van der Waals surface area (Å²) >= 11 is 0. The van der Waals surface area contributed by atoms with Gasteiger partial charge in [0.15, 0.2) is 0 Å². The van der Waals surface area contributed by atoms with E-state index >= 15 is 0 Å². The Labute approximate surface area is 85.8 Å². The molecule has 0 saturated heterocycles. The summed E-state index contributed by atoms with van der Waals surface area (Å²) in [5.74, 6) is 0.623. The molecule has 0 aromatic rings. The lowest BCUT2D eigenvalue weighted by molar-refractivity contribution is -0.0465. The third-order valence-electron chi connectivity index (χ3n) is 3.77. The van der Waals surface area contributed by atoms with Crippen LogP contribution in [0.25, 0.3) is 0 Å². The van der Waals surface area contributed by atoms with Gasteiger partial charge in [0.05, 0.1) is 24.9 Å². The van der Waals surface area contributed by atoms with Crippen LogP contribution in [-0.2, 0) is 4.74 Å². The first-order valence-electron chi connectivity index (χ1n) is 5.72. The molecule has 2 saturated carbocycles. The predicted octanol–water partition coefficient (Wildman–Crippen LogP) is 0.916. The zero-order chi connectivity index (χ0) is 10.0. The minimum absolute atomic E-state index is 0.157. The first kappa shape index (κ1) is 10.4. The predicted molar refractivity (Wildman–Crippen MR) is 55.2 cm³/mol. The van der Waals surface area contributed by atoms with Crippen LogP contribution in [0, 0.1) is 5.92 Å². The highest BCUT2D eigenvalue weighted by Gasteiger charge is 2.44. The van der Waals surface area contributed by atoms with Crippen molar-refractivity contribution in [3.8, 4) is 0 Å². The maximum Gasteiger partial charge on any atom is 0.0677 e. The van der Waals surface area contributed by atoms with Gasteiger partial charge in [0.25, 0.3) is 0 Å². The molecule has 0 bridgehead atoms. The Kier molecular flexibility index (Phi) is 3.10. The Morgan fingerprint density at radius 3 is 2.43 bits per heavy atom. The summed E-state index contributed by atoms with van der Waals surface area (Å²) < 4.78 is 5.80. The molecular formula is C11H21NO2. The van der Waals surface area contributed by atoms with Gasteiger partial charge in [0, 0.05) is 0 Å². The van der Waals surface area contributed by atoms with Gasteiger partial charge in [-0.25, -0.2) is 0 Å². The Balaban J connectivity index is 1.82. The first-order chi connectivity index (χ1) is 6.80. The summed E-state index contributed by atoms with van der Waals surface area (Å²) in [6.07, 6.45) is 6.64. The molecule has 3 nitrogen and oxygen atoms in total. The molecule has 0 amide bonds. The van der Waals surface area contributed by atoms with Gasteiger partial charge in [-0.1, -0.05) is 0 Å². The zero-order valence-electron chi connectivity index (χ0n) is 8.96. The van der Waals surface area contributed by atoms with Crippen molar-refractivity contribution in [2.24, 2.45) is 5.92 Å². The molecule has 1 unspecified atom stereocenters. The van der Waals surface area contributed by atoms with E-state index in [1.165, 1.54) is 32.1 Å². The van der Waals surface area contributed by atoms with E-state index < -0.39 is 0 Å². The molecular weight excluding hydrogens is 178 g/mol. The highest BCUT2D eigenvalue weighted by Crippen LogP contribution is 2.40. The molecule has 1 atom stereocenters. The lowest BCUT2D eigenvalue weighted by Gasteiger charge is -2.35. The minimum Gasteiger partial charge on any atom is -0.394 e. The molecule has 0 aromatic carbocycles. The number of aliphatic hydroxyl groups excluding tert-OH is 1. The van der Waals surface area contributed by atoms with E-state index in [9.17, 15) is 5.11 Å². The van der Waals surface area contributed by atoms with Gasteiger partial charge < -0.3 is 15.2 Å². The van der Waals surface area contributed by atoms with Crippen LogP contribution < -0.4 is 5.32 Å². The lowest BCUT2D eigenvalue weighted by atomic mass is 9.93. The van der Waals surface area contributed by atoms with Crippen molar-refractivity contribution in [1.29, 1.82) is 0 Å². The minimum atomic E-state index is -0.157. The second-order valence-corrected chi connectivity index (χ2v) is 4.70. The number of hydrogen-bond donors (Lipinski definition) is 2. The van der Waals surface area contributed by atoms with Crippen LogP contribution in [0.5, 0.6) is 0 Å². The Morgan fingerprint density at radius 1 is 1.36 bits per heavy atom. The highest BCUT2D eigenvalue weighted by molar-refractivity contribution is 5.00. The van der Waals surface area contributed by atoms with Crippen LogP contribution in [0.4, 0.5) is 0 Å². The van der Waals surface area contributed by atoms with Crippen LogP contribution in [0.15, 0.2) is 0 Å². The van der Waals surface area contributed by atoms with Gasteiger partial charge in [-0.05, 0) is 45.1 Å². The SMILES string of the molecule is CNC(CO)(COC1CCC1)C1CC1. The number of hydrogen-bond acceptors (Lipinski definition) is 3. The topological polar surface area (TPSA) is 41.5 Å². The van der Waals surface area contributed by atoms with E-state index in [1.807, 2.05) is 7.05 Å². The monoisotopic (exact) mass is 199 g/mol. The number of ether oxygens (including phenoxy) is 1. The van der Waals surface area contributed by atoms with Gasteiger partial charge in [0.1, 0.15) is 0 Å². The van der Waals surface area contributed by atoms with Crippen molar-refractivity contribution >= 4 is 0 Å². The fraction of sp³-hybridized carbons (Fsp3) is 1.00. The van der Waals surface area contributed by atoms with Crippen LogP contribution in [0.3, 0.4) is 0 Å². The van der Waals surface area contributed by atoms with Gasteiger partial charge in [-0.15, -0.1) is 0 Å². The smallest absolute Gasteiger partial charge is 0.0677 e. The normalized spacial score (nSPS) is 27.0. The fourth-order valence-corrected chi connectivity index (χ4v) is 2.09. The molecule has 0 aromatic heterocycles. The average Bonchev–Trinajstić information content (AvgIpc) is 2.94. The molecule has 14 heavy (non-hydrogen) atoms. The Hall–Kier alpha value is -0.120. The zero-order valence-corrected chi connectivity index (χ0v) is 8.96. The number of nitrogens with one attached hydrogen (secondary N) is 1. The van der Waals surface area contributed by atoms with Crippen molar-refractivity contribution in [2.75, 3.05) is 20.3 Å². The van der Waals surface area contributed by atoms with E-state index in [2.05, 4.69) is 5.32 Å². The summed E-state index contributed by atoms with van der Waals surface area (Å²) in [4.78, 5) is 0. The fourth-order valence-electron chi connectivity index (χ4n) is 2.09. The molecule has 0 spiro atoms. The summed E-state index contributed by atoms with van der Waals surface area (Å²) in [6, 6.07) is 0. The molecule has 3 heteroatoms. The second kappa shape index (κ2) is 4.17. The molecule has 0 heterocycles. The summed E-state index contributed by atoms with van der Waals surface area (Å²) in [6.45, 7) is 0.871. The molecule has 2 aliphatic rings. The first-order valence-corrected chi connectivity index (χ1v) is 5.72. The number of likely N-dealkylation sites (N-methyl/N-ethyl adjacent to an activating group) is 1. The van der Waals surface area contributed by atoms with Crippen molar-refractivity contribution in [3.05, 3.63) is 0 Å². The van der Waals surface area contributed by atoms with E-state index in [-0.39, 0.29) is 12.1 Å². The van der Waals surface area contributed by atoms with Crippen molar-refractivity contribution in [1.82, 2.24) is 5.32 Å². The van der Waals surface area contributed by atoms with E-state index in [4.69, 9.17) is 4.74 Å². The average molecular weight is 199 g/mol. The molecule has 0 aliphatic heterocycles. The third-order valence-corrected chi connectivity index (χ3v) is 3.77. The van der Waals surface area contributed by atoms with Gasteiger partial charge in [-0.3, -0.25) is 0 Å². The molecule has 2 rings (SSSR count). The summed E-state index contributed by atoms with van der Waals surface area (Å²) in [7, 11) is 1.93. The van der Waals surface area contributed by atoms with Crippen LogP contribution in [0.1, 0.15) is 32.1 Å². The van der Waals surface area contributed by atoms with E-state index in [1.54, 1.807) is 0 Å².